The summed E-state index contributed by atoms with van der Waals surface area (Å²) in [7, 11) is 0. The normalized spacial score (nSPS) is 23.5. The van der Waals surface area contributed by atoms with Crippen LogP contribution in [0, 0.1) is 5.92 Å². The van der Waals surface area contributed by atoms with Crippen LogP contribution in [0.15, 0.2) is 24.5 Å². The van der Waals surface area contributed by atoms with Crippen molar-refractivity contribution in [3.8, 4) is 0 Å². The van der Waals surface area contributed by atoms with Gasteiger partial charge in [0.25, 0.3) is 0 Å². The van der Waals surface area contributed by atoms with Gasteiger partial charge < -0.3 is 10.0 Å². The first-order valence-corrected chi connectivity index (χ1v) is 9.79. The van der Waals surface area contributed by atoms with E-state index in [-0.39, 0.29) is 11.8 Å². The number of carboxylic acids is 1. The number of pyridine rings is 1. The molecule has 3 heterocycles. The van der Waals surface area contributed by atoms with Gasteiger partial charge >= 0.3 is 5.97 Å². The molecule has 2 saturated heterocycles. The fraction of sp³-hybridized carbons (Fsp3) is 0.650. The minimum atomic E-state index is -0.783. The molecule has 0 radical (unpaired) electrons. The molecular formula is C20H29N3O3. The van der Waals surface area contributed by atoms with E-state index in [1.165, 1.54) is 18.4 Å². The Bertz CT molecular complexity index is 608. The SMILES string of the molecule is O=C(O)C1CCN(C(=O)CCCCCN2CCC[C@H]2c2cccnc2)C1. The maximum absolute atomic E-state index is 12.2. The van der Waals surface area contributed by atoms with Crippen molar-refractivity contribution in [3.63, 3.8) is 0 Å². The maximum atomic E-state index is 12.2. The highest BCUT2D eigenvalue weighted by Gasteiger charge is 2.30. The summed E-state index contributed by atoms with van der Waals surface area (Å²) in [5.74, 6) is -1.05. The maximum Gasteiger partial charge on any atom is 0.308 e. The number of hydrogen-bond acceptors (Lipinski definition) is 4. The van der Waals surface area contributed by atoms with Gasteiger partial charge in [0.15, 0.2) is 0 Å². The molecule has 3 rings (SSSR count). The van der Waals surface area contributed by atoms with E-state index in [0.717, 1.165) is 32.4 Å². The lowest BCUT2D eigenvalue weighted by Gasteiger charge is -2.24. The average molecular weight is 359 g/mol. The third-order valence-electron chi connectivity index (χ3n) is 5.66. The van der Waals surface area contributed by atoms with E-state index in [1.54, 1.807) is 4.90 Å². The smallest absolute Gasteiger partial charge is 0.308 e. The second-order valence-corrected chi connectivity index (χ2v) is 7.45. The van der Waals surface area contributed by atoms with Gasteiger partial charge in [-0.3, -0.25) is 19.5 Å². The van der Waals surface area contributed by atoms with Crippen LogP contribution in [0.1, 0.15) is 56.6 Å². The van der Waals surface area contributed by atoms with E-state index in [1.807, 2.05) is 18.5 Å². The van der Waals surface area contributed by atoms with Crippen molar-refractivity contribution >= 4 is 11.9 Å². The number of carboxylic acid groups (broad SMARTS) is 1. The number of aliphatic carboxylic acids is 1. The lowest BCUT2D eigenvalue weighted by atomic mass is 10.1. The van der Waals surface area contributed by atoms with Crippen molar-refractivity contribution in [1.82, 2.24) is 14.8 Å². The van der Waals surface area contributed by atoms with Crippen molar-refractivity contribution in [2.45, 2.75) is 51.0 Å². The lowest BCUT2D eigenvalue weighted by Crippen LogP contribution is -2.29. The van der Waals surface area contributed by atoms with Crippen molar-refractivity contribution in [3.05, 3.63) is 30.1 Å². The number of unbranched alkanes of at least 4 members (excludes halogenated alkanes) is 2. The van der Waals surface area contributed by atoms with Gasteiger partial charge in [-0.05, 0) is 56.8 Å². The lowest BCUT2D eigenvalue weighted by molar-refractivity contribution is -0.141. The Hall–Kier alpha value is -1.95. The van der Waals surface area contributed by atoms with Crippen LogP contribution < -0.4 is 0 Å². The topological polar surface area (TPSA) is 73.7 Å². The Morgan fingerprint density at radius 1 is 1.19 bits per heavy atom. The third kappa shape index (κ3) is 4.81. The molecule has 0 aliphatic carbocycles. The second-order valence-electron chi connectivity index (χ2n) is 7.45. The number of nitrogens with zero attached hydrogens (tertiary/aromatic N) is 3. The minimum Gasteiger partial charge on any atom is -0.481 e. The van der Waals surface area contributed by atoms with Crippen LogP contribution in [-0.2, 0) is 9.59 Å². The van der Waals surface area contributed by atoms with E-state index < -0.39 is 5.97 Å². The number of likely N-dealkylation sites (tertiary alicyclic amines) is 2. The third-order valence-corrected chi connectivity index (χ3v) is 5.66. The summed E-state index contributed by atoms with van der Waals surface area (Å²) in [5.41, 5.74) is 1.31. The molecule has 6 nitrogen and oxygen atoms in total. The second kappa shape index (κ2) is 9.12. The van der Waals surface area contributed by atoms with Gasteiger partial charge in [-0.2, -0.15) is 0 Å². The van der Waals surface area contributed by atoms with Crippen LogP contribution in [0.4, 0.5) is 0 Å². The summed E-state index contributed by atoms with van der Waals surface area (Å²) in [6.45, 7) is 3.19. The van der Waals surface area contributed by atoms with Crippen LogP contribution in [0.25, 0.3) is 0 Å². The highest BCUT2D eigenvalue weighted by molar-refractivity contribution is 5.78. The first kappa shape index (κ1) is 18.8. The molecule has 1 amide bonds. The highest BCUT2D eigenvalue weighted by Crippen LogP contribution is 2.31. The zero-order chi connectivity index (χ0) is 18.4. The van der Waals surface area contributed by atoms with Crippen LogP contribution in [-0.4, -0.2) is 57.9 Å². The number of rotatable bonds is 8. The molecule has 1 unspecified atom stereocenters. The minimum absolute atomic E-state index is 0.114. The van der Waals surface area contributed by atoms with E-state index in [2.05, 4.69) is 16.0 Å². The van der Waals surface area contributed by atoms with Crippen LogP contribution in [0.3, 0.4) is 0 Å². The van der Waals surface area contributed by atoms with Gasteiger partial charge in [-0.15, -0.1) is 0 Å². The van der Waals surface area contributed by atoms with Gasteiger partial charge in [0.1, 0.15) is 0 Å². The number of hydrogen-bond donors (Lipinski definition) is 1. The van der Waals surface area contributed by atoms with Gasteiger partial charge in [0, 0.05) is 37.9 Å². The molecule has 0 saturated carbocycles. The molecule has 142 valence electrons. The van der Waals surface area contributed by atoms with Gasteiger partial charge in [0.05, 0.1) is 5.92 Å². The summed E-state index contributed by atoms with van der Waals surface area (Å²) in [6.07, 6.45) is 10.4. The number of amides is 1. The first-order valence-electron chi connectivity index (χ1n) is 9.79. The molecule has 2 fully saturated rings. The zero-order valence-corrected chi connectivity index (χ0v) is 15.3. The fourth-order valence-electron chi connectivity index (χ4n) is 4.16. The van der Waals surface area contributed by atoms with Gasteiger partial charge in [-0.25, -0.2) is 0 Å². The van der Waals surface area contributed by atoms with E-state index in [0.29, 0.717) is 32.0 Å². The molecule has 1 aromatic rings. The molecule has 1 aromatic heterocycles. The Kier molecular flexibility index (Phi) is 6.61. The predicted molar refractivity (Wildman–Crippen MR) is 98.6 cm³/mol. The Morgan fingerprint density at radius 3 is 2.81 bits per heavy atom. The molecule has 0 spiro atoms. The highest BCUT2D eigenvalue weighted by atomic mass is 16.4. The summed E-state index contributed by atoms with van der Waals surface area (Å²) >= 11 is 0. The summed E-state index contributed by atoms with van der Waals surface area (Å²) in [4.78, 5) is 31.7. The van der Waals surface area contributed by atoms with Gasteiger partial charge in [0.2, 0.25) is 5.91 Å². The van der Waals surface area contributed by atoms with Gasteiger partial charge in [-0.1, -0.05) is 12.5 Å². The first-order chi connectivity index (χ1) is 12.6. The Labute approximate surface area is 155 Å². The van der Waals surface area contributed by atoms with Crippen molar-refractivity contribution < 1.29 is 14.7 Å². The number of aromatic nitrogens is 1. The predicted octanol–water partition coefficient (Wildman–Crippen LogP) is 2.71. The number of carbonyl (C=O) groups excluding carboxylic acids is 1. The Morgan fingerprint density at radius 2 is 2.08 bits per heavy atom. The molecular weight excluding hydrogens is 330 g/mol. The quantitative estimate of drug-likeness (QED) is 0.723. The van der Waals surface area contributed by atoms with Crippen LogP contribution in [0.5, 0.6) is 0 Å². The zero-order valence-electron chi connectivity index (χ0n) is 15.3. The summed E-state index contributed by atoms with van der Waals surface area (Å²) in [5, 5.41) is 9.02. The molecule has 26 heavy (non-hydrogen) atoms. The fourth-order valence-corrected chi connectivity index (χ4v) is 4.16. The number of carbonyl (C=O) groups is 2. The van der Waals surface area contributed by atoms with Crippen molar-refractivity contribution in [1.29, 1.82) is 0 Å². The Balaban J connectivity index is 1.33. The summed E-state index contributed by atoms with van der Waals surface area (Å²) in [6, 6.07) is 4.66. The van der Waals surface area contributed by atoms with E-state index >= 15 is 0 Å². The van der Waals surface area contributed by atoms with E-state index in [9.17, 15) is 9.59 Å². The van der Waals surface area contributed by atoms with E-state index in [4.69, 9.17) is 5.11 Å². The van der Waals surface area contributed by atoms with Crippen LogP contribution >= 0.6 is 0 Å². The molecule has 2 atom stereocenters. The standard InChI is InChI=1S/C20H29N3O3/c24-19(23-13-9-17(15-23)20(25)26)8-2-1-3-11-22-12-5-7-18(22)16-6-4-10-21-14-16/h4,6,10,14,17-18H,1-3,5,7-9,11-13,15H2,(H,25,26)/t17?,18-/m0/s1. The van der Waals surface area contributed by atoms with Crippen molar-refractivity contribution in [2.75, 3.05) is 26.2 Å². The molecule has 2 aliphatic rings. The molecule has 1 N–H and O–H groups in total. The molecule has 0 aromatic carbocycles. The molecule has 2 aliphatic heterocycles. The molecule has 6 heteroatoms. The average Bonchev–Trinajstić information content (AvgIpc) is 3.32. The summed E-state index contributed by atoms with van der Waals surface area (Å²) < 4.78 is 0. The van der Waals surface area contributed by atoms with Crippen molar-refractivity contribution in [2.24, 2.45) is 5.92 Å². The monoisotopic (exact) mass is 359 g/mol. The largest absolute Gasteiger partial charge is 0.481 e. The van der Waals surface area contributed by atoms with Crippen LogP contribution in [0.2, 0.25) is 0 Å². The molecule has 0 bridgehead atoms.